The zero-order chi connectivity index (χ0) is 14.2. The third kappa shape index (κ3) is 2.50. The summed E-state index contributed by atoms with van der Waals surface area (Å²) >= 11 is 0. The van der Waals surface area contributed by atoms with E-state index in [1.165, 1.54) is 38.5 Å². The van der Waals surface area contributed by atoms with E-state index in [1.54, 1.807) is 0 Å². The zero-order valence-corrected chi connectivity index (χ0v) is 12.8. The number of rotatable bonds is 3. The van der Waals surface area contributed by atoms with Crippen molar-refractivity contribution in [3.05, 3.63) is 11.7 Å². The molecule has 1 heterocycles. The first-order valence-corrected chi connectivity index (χ1v) is 8.25. The smallest absolute Gasteiger partial charge is 0.230 e. The zero-order valence-electron chi connectivity index (χ0n) is 12.8. The molecule has 2 aliphatic carbocycles. The molecule has 1 aromatic heterocycles. The van der Waals surface area contributed by atoms with Gasteiger partial charge < -0.3 is 10.3 Å². The summed E-state index contributed by atoms with van der Waals surface area (Å²) in [5.41, 5.74) is 6.21. The van der Waals surface area contributed by atoms with Gasteiger partial charge in [0.25, 0.3) is 0 Å². The van der Waals surface area contributed by atoms with Gasteiger partial charge in [0.1, 0.15) is 0 Å². The molecule has 2 saturated carbocycles. The molecule has 0 saturated heterocycles. The molecule has 2 N–H and O–H groups in total. The van der Waals surface area contributed by atoms with Crippen molar-refractivity contribution in [2.75, 3.05) is 0 Å². The third-order valence-electron chi connectivity index (χ3n) is 5.64. The monoisotopic (exact) mass is 277 g/mol. The lowest BCUT2D eigenvalue weighted by Gasteiger charge is -2.34. The maximum Gasteiger partial charge on any atom is 0.230 e. The topological polar surface area (TPSA) is 64.9 Å². The molecule has 112 valence electrons. The number of aromatic nitrogens is 2. The van der Waals surface area contributed by atoms with Crippen LogP contribution in [0.3, 0.4) is 0 Å². The van der Waals surface area contributed by atoms with E-state index in [2.05, 4.69) is 24.0 Å². The summed E-state index contributed by atoms with van der Waals surface area (Å²) in [7, 11) is 0. The standard InChI is InChI=1S/C16H27N3O/c1-3-12-7-9-16(17,10-8-12)15-18-14(20-19-15)13-6-4-5-11(13)2/h11-13H,3-10,17H2,1-2H3. The van der Waals surface area contributed by atoms with E-state index in [0.717, 1.165) is 30.5 Å². The number of hydrogen-bond donors (Lipinski definition) is 1. The van der Waals surface area contributed by atoms with E-state index in [-0.39, 0.29) is 5.54 Å². The highest BCUT2D eigenvalue weighted by atomic mass is 16.5. The van der Waals surface area contributed by atoms with E-state index < -0.39 is 0 Å². The van der Waals surface area contributed by atoms with Gasteiger partial charge in [0.15, 0.2) is 5.82 Å². The van der Waals surface area contributed by atoms with E-state index in [1.807, 2.05) is 0 Å². The summed E-state index contributed by atoms with van der Waals surface area (Å²) < 4.78 is 5.55. The minimum Gasteiger partial charge on any atom is -0.339 e. The highest BCUT2D eigenvalue weighted by Crippen LogP contribution is 2.41. The van der Waals surface area contributed by atoms with Crippen LogP contribution in [-0.4, -0.2) is 10.1 Å². The van der Waals surface area contributed by atoms with E-state index >= 15 is 0 Å². The fourth-order valence-corrected chi connectivity index (χ4v) is 3.92. The molecular weight excluding hydrogens is 250 g/mol. The van der Waals surface area contributed by atoms with Crippen LogP contribution >= 0.6 is 0 Å². The van der Waals surface area contributed by atoms with Crippen molar-refractivity contribution in [3.8, 4) is 0 Å². The minimum absolute atomic E-state index is 0.352. The normalized spacial score (nSPS) is 38.2. The molecule has 2 unspecified atom stereocenters. The first kappa shape index (κ1) is 14.1. The van der Waals surface area contributed by atoms with Gasteiger partial charge in [0, 0.05) is 5.92 Å². The van der Waals surface area contributed by atoms with Gasteiger partial charge in [-0.25, -0.2) is 0 Å². The SMILES string of the molecule is CCC1CCC(N)(c2noc(C3CCCC3C)n2)CC1. The predicted molar refractivity (Wildman–Crippen MR) is 78.2 cm³/mol. The van der Waals surface area contributed by atoms with Crippen molar-refractivity contribution in [1.29, 1.82) is 0 Å². The summed E-state index contributed by atoms with van der Waals surface area (Å²) in [6.07, 6.45) is 9.35. The van der Waals surface area contributed by atoms with E-state index in [0.29, 0.717) is 11.8 Å². The molecule has 3 rings (SSSR count). The molecular formula is C16H27N3O. The number of nitrogens with zero attached hydrogens (tertiary/aromatic N) is 2. The van der Waals surface area contributed by atoms with Gasteiger partial charge in [-0.15, -0.1) is 0 Å². The first-order valence-electron chi connectivity index (χ1n) is 8.25. The van der Waals surface area contributed by atoms with Crippen molar-refractivity contribution in [1.82, 2.24) is 10.1 Å². The second-order valence-corrected chi connectivity index (χ2v) is 6.98. The molecule has 0 spiro atoms. The molecule has 2 fully saturated rings. The maximum atomic E-state index is 6.56. The Kier molecular flexibility index (Phi) is 3.85. The lowest BCUT2D eigenvalue weighted by Crippen LogP contribution is -2.41. The summed E-state index contributed by atoms with van der Waals surface area (Å²) in [5.74, 6) is 3.51. The highest BCUT2D eigenvalue weighted by Gasteiger charge is 2.38. The Labute approximate surface area is 121 Å². The Morgan fingerprint density at radius 2 is 2.00 bits per heavy atom. The molecule has 1 aromatic rings. The van der Waals surface area contributed by atoms with Crippen LogP contribution in [-0.2, 0) is 5.54 Å². The predicted octanol–water partition coefficient (Wildman–Crippen LogP) is 3.73. The lowest BCUT2D eigenvalue weighted by atomic mass is 9.76. The number of hydrogen-bond acceptors (Lipinski definition) is 4. The molecule has 20 heavy (non-hydrogen) atoms. The van der Waals surface area contributed by atoms with Crippen LogP contribution in [0.25, 0.3) is 0 Å². The van der Waals surface area contributed by atoms with Gasteiger partial charge in [0.2, 0.25) is 5.89 Å². The second-order valence-electron chi connectivity index (χ2n) is 6.98. The Morgan fingerprint density at radius 3 is 2.60 bits per heavy atom. The van der Waals surface area contributed by atoms with Crippen molar-refractivity contribution in [3.63, 3.8) is 0 Å². The van der Waals surface area contributed by atoms with Crippen molar-refractivity contribution in [2.24, 2.45) is 17.6 Å². The lowest BCUT2D eigenvalue weighted by molar-refractivity contribution is 0.216. The van der Waals surface area contributed by atoms with Crippen LogP contribution in [0.5, 0.6) is 0 Å². The molecule has 2 atom stereocenters. The Balaban J connectivity index is 1.73. The third-order valence-corrected chi connectivity index (χ3v) is 5.64. The minimum atomic E-state index is -0.352. The molecule has 2 aliphatic rings. The van der Waals surface area contributed by atoms with Crippen LogP contribution < -0.4 is 5.73 Å². The molecule has 4 nitrogen and oxygen atoms in total. The van der Waals surface area contributed by atoms with E-state index in [4.69, 9.17) is 10.3 Å². The Bertz CT molecular complexity index is 448. The molecule has 0 amide bonds. The van der Waals surface area contributed by atoms with Crippen LogP contribution in [0, 0.1) is 11.8 Å². The van der Waals surface area contributed by atoms with Crippen LogP contribution in [0.2, 0.25) is 0 Å². The summed E-state index contributed by atoms with van der Waals surface area (Å²) in [6.45, 7) is 4.55. The van der Waals surface area contributed by atoms with Gasteiger partial charge in [0.05, 0.1) is 5.54 Å². The van der Waals surface area contributed by atoms with Crippen LogP contribution in [0.4, 0.5) is 0 Å². The summed E-state index contributed by atoms with van der Waals surface area (Å²) in [4.78, 5) is 4.69. The fourth-order valence-electron chi connectivity index (χ4n) is 3.92. The molecule has 0 radical (unpaired) electrons. The Morgan fingerprint density at radius 1 is 1.25 bits per heavy atom. The van der Waals surface area contributed by atoms with Crippen molar-refractivity contribution >= 4 is 0 Å². The maximum absolute atomic E-state index is 6.56. The van der Waals surface area contributed by atoms with Crippen molar-refractivity contribution in [2.45, 2.75) is 76.7 Å². The van der Waals surface area contributed by atoms with Crippen molar-refractivity contribution < 1.29 is 4.52 Å². The average molecular weight is 277 g/mol. The largest absolute Gasteiger partial charge is 0.339 e. The molecule has 0 bridgehead atoms. The molecule has 0 aromatic carbocycles. The van der Waals surface area contributed by atoms with Crippen LogP contribution in [0.15, 0.2) is 4.52 Å². The first-order chi connectivity index (χ1) is 9.62. The van der Waals surface area contributed by atoms with E-state index in [9.17, 15) is 0 Å². The van der Waals surface area contributed by atoms with Gasteiger partial charge in [-0.1, -0.05) is 31.8 Å². The second kappa shape index (κ2) is 5.47. The summed E-state index contributed by atoms with van der Waals surface area (Å²) in [5, 5.41) is 4.23. The van der Waals surface area contributed by atoms with Gasteiger partial charge in [-0.3, -0.25) is 0 Å². The number of nitrogens with two attached hydrogens (primary N) is 1. The van der Waals surface area contributed by atoms with Gasteiger partial charge in [-0.05, 0) is 50.4 Å². The fraction of sp³-hybridized carbons (Fsp3) is 0.875. The molecule has 0 aliphatic heterocycles. The van der Waals surface area contributed by atoms with Gasteiger partial charge in [-0.2, -0.15) is 4.98 Å². The Hall–Kier alpha value is -0.900. The molecule has 4 heteroatoms. The van der Waals surface area contributed by atoms with Gasteiger partial charge >= 0.3 is 0 Å². The quantitative estimate of drug-likeness (QED) is 0.914. The van der Waals surface area contributed by atoms with Crippen LogP contribution in [0.1, 0.15) is 82.8 Å². The average Bonchev–Trinajstić information content (AvgIpc) is 3.08. The highest BCUT2D eigenvalue weighted by molar-refractivity contribution is 5.08. The summed E-state index contributed by atoms with van der Waals surface area (Å²) in [6, 6.07) is 0.